The van der Waals surface area contributed by atoms with Gasteiger partial charge in [0.05, 0.1) is 0 Å². The van der Waals surface area contributed by atoms with Crippen molar-refractivity contribution in [3.63, 3.8) is 0 Å². The van der Waals surface area contributed by atoms with Crippen molar-refractivity contribution >= 4 is 5.97 Å². The lowest BCUT2D eigenvalue weighted by atomic mass is 10.3. The van der Waals surface area contributed by atoms with Crippen molar-refractivity contribution in [2.75, 3.05) is 0 Å². The van der Waals surface area contributed by atoms with E-state index in [1.165, 1.54) is 0 Å². The Kier molecular flexibility index (Phi) is 4.24. The Morgan fingerprint density at radius 2 is 2.00 bits per heavy atom. The minimum atomic E-state index is -0.659. The van der Waals surface area contributed by atoms with Crippen molar-refractivity contribution in [2.45, 2.75) is 20.0 Å². The number of rotatable bonds is 3. The van der Waals surface area contributed by atoms with Gasteiger partial charge in [-0.05, 0) is 19.1 Å². The summed E-state index contributed by atoms with van der Waals surface area (Å²) >= 11 is 0. The topological polar surface area (TPSA) is 35.5 Å². The van der Waals surface area contributed by atoms with Crippen LogP contribution in [-0.2, 0) is 9.53 Å². The maximum Gasteiger partial charge on any atom is 0.360 e. The predicted octanol–water partition coefficient (Wildman–Crippen LogP) is 1.98. The van der Waals surface area contributed by atoms with E-state index >= 15 is 0 Å². The van der Waals surface area contributed by atoms with Gasteiger partial charge in [0, 0.05) is 6.92 Å². The molecule has 78 valence electrons. The lowest BCUT2D eigenvalue weighted by Gasteiger charge is -2.10. The number of carbonyl (C=O) groups excluding carboxylic acids is 1. The van der Waals surface area contributed by atoms with Crippen LogP contribution in [0.3, 0.4) is 0 Å². The molecular weight excluding hydrogens is 192 g/mol. The van der Waals surface area contributed by atoms with Gasteiger partial charge < -0.3 is 9.47 Å². The largest absolute Gasteiger partial charge is 0.479 e. The van der Waals surface area contributed by atoms with E-state index in [0.29, 0.717) is 5.75 Å². The highest BCUT2D eigenvalue weighted by atomic mass is 16.6. The Labute approximate surface area is 89.0 Å². The lowest BCUT2D eigenvalue weighted by Crippen LogP contribution is -2.24. The Morgan fingerprint density at radius 1 is 1.33 bits per heavy atom. The molecule has 0 heterocycles. The van der Waals surface area contributed by atoms with Crippen LogP contribution in [0.5, 0.6) is 5.75 Å². The molecule has 0 bridgehead atoms. The minimum absolute atomic E-state index is 0.492. The summed E-state index contributed by atoms with van der Waals surface area (Å²) in [6.07, 6.45) is 1.58. The normalized spacial score (nSPS) is 10.8. The molecule has 0 aliphatic heterocycles. The first-order chi connectivity index (χ1) is 7.24. The fourth-order valence-electron chi connectivity index (χ4n) is 0.936. The van der Waals surface area contributed by atoms with Gasteiger partial charge in [0.25, 0.3) is 0 Å². The molecule has 1 unspecified atom stereocenters. The molecule has 0 aliphatic carbocycles. The second-order valence-corrected chi connectivity index (χ2v) is 2.85. The highest BCUT2D eigenvalue weighted by molar-refractivity contribution is 5.75. The molecule has 1 aromatic carbocycles. The number of esters is 1. The molecule has 1 aromatic rings. The van der Waals surface area contributed by atoms with Gasteiger partial charge in [0.15, 0.2) is 6.10 Å². The Balaban J connectivity index is 2.51. The number of hydrogen-bond acceptors (Lipinski definition) is 3. The maximum atomic E-state index is 11.3. The van der Waals surface area contributed by atoms with Crippen molar-refractivity contribution in [3.05, 3.63) is 30.3 Å². The SMILES string of the molecule is CC#COC(=O)C(C)Oc1ccccc1. The number of benzene rings is 1. The molecule has 0 N–H and O–H groups in total. The van der Waals surface area contributed by atoms with E-state index in [1.807, 2.05) is 18.2 Å². The van der Waals surface area contributed by atoms with E-state index < -0.39 is 12.1 Å². The molecule has 0 saturated carbocycles. The molecule has 0 aliphatic rings. The second kappa shape index (κ2) is 5.71. The third-order valence-electron chi connectivity index (χ3n) is 1.64. The first-order valence-corrected chi connectivity index (χ1v) is 4.58. The summed E-state index contributed by atoms with van der Waals surface area (Å²) in [7, 11) is 0. The molecule has 0 aromatic heterocycles. The van der Waals surface area contributed by atoms with Gasteiger partial charge in [-0.15, -0.1) is 0 Å². The molecule has 3 nitrogen and oxygen atoms in total. The van der Waals surface area contributed by atoms with E-state index in [1.54, 1.807) is 26.0 Å². The lowest BCUT2D eigenvalue weighted by molar-refractivity contribution is -0.143. The van der Waals surface area contributed by atoms with E-state index in [4.69, 9.17) is 4.74 Å². The molecule has 1 rings (SSSR count). The number of para-hydroxylation sites is 1. The van der Waals surface area contributed by atoms with Crippen LogP contribution in [0.4, 0.5) is 0 Å². The Hall–Kier alpha value is -1.95. The van der Waals surface area contributed by atoms with E-state index in [9.17, 15) is 4.79 Å². The molecule has 0 amide bonds. The molecule has 0 saturated heterocycles. The van der Waals surface area contributed by atoms with E-state index in [-0.39, 0.29) is 0 Å². The quantitative estimate of drug-likeness (QED) is 0.558. The van der Waals surface area contributed by atoms with Crippen LogP contribution in [0.25, 0.3) is 0 Å². The second-order valence-electron chi connectivity index (χ2n) is 2.85. The average molecular weight is 204 g/mol. The van der Waals surface area contributed by atoms with E-state index in [0.717, 1.165) is 0 Å². The number of carbonyl (C=O) groups is 1. The van der Waals surface area contributed by atoms with Crippen LogP contribution < -0.4 is 4.74 Å². The molecule has 0 spiro atoms. The Bertz CT molecular complexity index is 373. The monoisotopic (exact) mass is 204 g/mol. The summed E-state index contributed by atoms with van der Waals surface area (Å²) in [5.41, 5.74) is 0. The van der Waals surface area contributed by atoms with Crippen molar-refractivity contribution in [1.29, 1.82) is 0 Å². The third-order valence-corrected chi connectivity index (χ3v) is 1.64. The molecule has 0 fully saturated rings. The summed E-state index contributed by atoms with van der Waals surface area (Å²) in [5.74, 6) is 2.61. The van der Waals surface area contributed by atoms with Gasteiger partial charge in [0.1, 0.15) is 11.9 Å². The standard InChI is InChI=1S/C12H12O3/c1-3-9-14-12(13)10(2)15-11-7-5-4-6-8-11/h4-8,10H,1-2H3. The van der Waals surface area contributed by atoms with Crippen molar-refractivity contribution in [2.24, 2.45) is 0 Å². The summed E-state index contributed by atoms with van der Waals surface area (Å²) in [6, 6.07) is 9.08. The summed E-state index contributed by atoms with van der Waals surface area (Å²) in [5, 5.41) is 0. The molecule has 0 radical (unpaired) electrons. The molecular formula is C12H12O3. The van der Waals surface area contributed by atoms with Crippen LogP contribution in [0.2, 0.25) is 0 Å². The van der Waals surface area contributed by atoms with Crippen LogP contribution in [-0.4, -0.2) is 12.1 Å². The average Bonchev–Trinajstić information content (AvgIpc) is 2.27. The van der Waals surface area contributed by atoms with Crippen molar-refractivity contribution in [3.8, 4) is 17.8 Å². The highest BCUT2D eigenvalue weighted by Gasteiger charge is 2.15. The van der Waals surface area contributed by atoms with Gasteiger partial charge in [-0.25, -0.2) is 4.79 Å². The van der Waals surface area contributed by atoms with E-state index in [2.05, 4.69) is 16.8 Å². The highest BCUT2D eigenvalue weighted by Crippen LogP contribution is 2.11. The third kappa shape index (κ3) is 3.74. The smallest absolute Gasteiger partial charge is 0.360 e. The summed E-state index contributed by atoms with van der Waals surface area (Å²) < 4.78 is 9.93. The number of ether oxygens (including phenoxy) is 2. The predicted molar refractivity (Wildman–Crippen MR) is 56.1 cm³/mol. The van der Waals surface area contributed by atoms with Gasteiger partial charge in [-0.1, -0.05) is 24.1 Å². The first-order valence-electron chi connectivity index (χ1n) is 4.58. The maximum absolute atomic E-state index is 11.3. The van der Waals surface area contributed by atoms with Crippen molar-refractivity contribution in [1.82, 2.24) is 0 Å². The molecule has 1 atom stereocenters. The van der Waals surface area contributed by atoms with Gasteiger partial charge in [0.2, 0.25) is 0 Å². The first kappa shape index (κ1) is 11.1. The van der Waals surface area contributed by atoms with Gasteiger partial charge in [-0.2, -0.15) is 0 Å². The van der Waals surface area contributed by atoms with Crippen LogP contribution in [0.1, 0.15) is 13.8 Å². The minimum Gasteiger partial charge on any atom is -0.479 e. The van der Waals surface area contributed by atoms with Crippen LogP contribution >= 0.6 is 0 Å². The zero-order valence-corrected chi connectivity index (χ0v) is 8.69. The van der Waals surface area contributed by atoms with Crippen LogP contribution in [0.15, 0.2) is 30.3 Å². The fraction of sp³-hybridized carbons (Fsp3) is 0.250. The van der Waals surface area contributed by atoms with Crippen molar-refractivity contribution < 1.29 is 14.3 Å². The molecule has 15 heavy (non-hydrogen) atoms. The van der Waals surface area contributed by atoms with Crippen LogP contribution in [0, 0.1) is 12.0 Å². The van der Waals surface area contributed by atoms with Gasteiger partial charge in [-0.3, -0.25) is 0 Å². The number of hydrogen-bond donors (Lipinski definition) is 0. The molecule has 3 heteroatoms. The summed E-state index contributed by atoms with van der Waals surface area (Å²) in [6.45, 7) is 3.21. The Morgan fingerprint density at radius 3 is 2.60 bits per heavy atom. The van der Waals surface area contributed by atoms with Gasteiger partial charge >= 0.3 is 5.97 Å². The zero-order valence-electron chi connectivity index (χ0n) is 8.69. The fourth-order valence-corrected chi connectivity index (χ4v) is 0.936. The summed E-state index contributed by atoms with van der Waals surface area (Å²) in [4.78, 5) is 11.3. The zero-order chi connectivity index (χ0) is 11.1.